The molecule has 2 rings (SSSR count). The van der Waals surface area contributed by atoms with Gasteiger partial charge in [0.25, 0.3) is 0 Å². The number of benzene rings is 1. The van der Waals surface area contributed by atoms with Crippen LogP contribution in [0.4, 0.5) is 10.1 Å². The van der Waals surface area contributed by atoms with Crippen molar-refractivity contribution in [3.63, 3.8) is 0 Å². The summed E-state index contributed by atoms with van der Waals surface area (Å²) in [6.45, 7) is 3.91. The third-order valence-electron chi connectivity index (χ3n) is 3.63. The first-order valence-electron chi connectivity index (χ1n) is 5.92. The van der Waals surface area contributed by atoms with E-state index in [4.69, 9.17) is 23.2 Å². The molecule has 0 unspecified atom stereocenters. The summed E-state index contributed by atoms with van der Waals surface area (Å²) in [5.74, 6) is -0.938. The third kappa shape index (κ3) is 2.93. The number of carbonyl (C=O) groups is 1. The molecule has 19 heavy (non-hydrogen) atoms. The van der Waals surface area contributed by atoms with Gasteiger partial charge < -0.3 is 5.32 Å². The van der Waals surface area contributed by atoms with Crippen molar-refractivity contribution in [3.8, 4) is 0 Å². The van der Waals surface area contributed by atoms with E-state index in [2.05, 4.69) is 5.32 Å². The molecule has 1 aromatic carbocycles. The number of nitrogens with one attached hydrogen (secondary N) is 1. The predicted octanol–water partition coefficient (Wildman–Crippen LogP) is 4.36. The molecular weight excluding hydrogens is 288 g/mol. The predicted molar refractivity (Wildman–Crippen MR) is 75.6 cm³/mol. The van der Waals surface area contributed by atoms with Crippen LogP contribution in [0.15, 0.2) is 34.8 Å². The summed E-state index contributed by atoms with van der Waals surface area (Å²) in [5.41, 5.74) is -0.0282. The zero-order chi connectivity index (χ0) is 14.2. The maximum Gasteiger partial charge on any atom is 0.228 e. The molecule has 0 radical (unpaired) electrons. The van der Waals surface area contributed by atoms with E-state index in [0.29, 0.717) is 0 Å². The molecule has 0 aromatic heterocycles. The second-order valence-electron chi connectivity index (χ2n) is 5.25. The first-order valence-corrected chi connectivity index (χ1v) is 6.68. The Hall–Kier alpha value is -1.06. The lowest BCUT2D eigenvalue weighted by atomic mass is 10.1. The summed E-state index contributed by atoms with van der Waals surface area (Å²) in [6, 6.07) is 6.08. The maximum atomic E-state index is 13.5. The zero-order valence-corrected chi connectivity index (χ0v) is 12.1. The van der Waals surface area contributed by atoms with Gasteiger partial charge in [-0.2, -0.15) is 0 Å². The minimum atomic E-state index is -0.447. The van der Waals surface area contributed by atoms with Crippen LogP contribution in [0.5, 0.6) is 0 Å². The van der Waals surface area contributed by atoms with E-state index in [9.17, 15) is 9.18 Å². The van der Waals surface area contributed by atoms with E-state index < -0.39 is 5.82 Å². The Kier molecular flexibility index (Phi) is 3.88. The number of halogens is 3. The molecule has 0 aliphatic heterocycles. The number of hydrogen-bond acceptors (Lipinski definition) is 1. The van der Waals surface area contributed by atoms with Gasteiger partial charge in [-0.15, -0.1) is 0 Å². The van der Waals surface area contributed by atoms with Crippen LogP contribution in [0.25, 0.3) is 0 Å². The van der Waals surface area contributed by atoms with Crippen molar-refractivity contribution < 1.29 is 9.18 Å². The summed E-state index contributed by atoms with van der Waals surface area (Å²) in [7, 11) is 0. The molecule has 1 saturated carbocycles. The number of anilines is 1. The molecule has 1 fully saturated rings. The first-order chi connectivity index (χ1) is 8.84. The Labute approximate surface area is 121 Å². The van der Waals surface area contributed by atoms with Gasteiger partial charge in [0.1, 0.15) is 10.3 Å². The molecular formula is C14H14Cl2FNO. The van der Waals surface area contributed by atoms with Crippen LogP contribution in [0.1, 0.15) is 13.8 Å². The molecule has 2 atom stereocenters. The van der Waals surface area contributed by atoms with Crippen LogP contribution in [-0.4, -0.2) is 5.91 Å². The molecule has 0 saturated heterocycles. The number of amides is 1. The lowest BCUT2D eigenvalue weighted by molar-refractivity contribution is -0.118. The standard InChI is InChI=1S/C14H14Cl2FNO/c1-14(2)8(7-11(15)16)12(14)13(19)18-10-6-4-3-5-9(10)17/h3-8,12H,1-2H3,(H,18,19)/t8-,12+/m0/s1. The second-order valence-corrected chi connectivity index (χ2v) is 6.26. The first kappa shape index (κ1) is 14.4. The van der Waals surface area contributed by atoms with Crippen molar-refractivity contribution in [2.45, 2.75) is 13.8 Å². The summed E-state index contributed by atoms with van der Waals surface area (Å²) < 4.78 is 13.6. The molecule has 5 heteroatoms. The Morgan fingerprint density at radius 1 is 1.37 bits per heavy atom. The van der Waals surface area contributed by atoms with Crippen molar-refractivity contribution in [2.24, 2.45) is 17.3 Å². The van der Waals surface area contributed by atoms with Crippen molar-refractivity contribution in [1.82, 2.24) is 0 Å². The number of carbonyl (C=O) groups excluding carboxylic acids is 1. The van der Waals surface area contributed by atoms with Crippen LogP contribution in [0.3, 0.4) is 0 Å². The molecule has 1 N–H and O–H groups in total. The smallest absolute Gasteiger partial charge is 0.228 e. The van der Waals surface area contributed by atoms with E-state index in [0.717, 1.165) is 0 Å². The Bertz CT molecular complexity index is 538. The number of hydrogen-bond donors (Lipinski definition) is 1. The SMILES string of the molecule is CC1(C)[C@@H](C=C(Cl)Cl)[C@@H]1C(=O)Nc1ccccc1F. The van der Waals surface area contributed by atoms with E-state index in [1.807, 2.05) is 13.8 Å². The Morgan fingerprint density at radius 2 is 2.00 bits per heavy atom. The maximum absolute atomic E-state index is 13.5. The van der Waals surface area contributed by atoms with Gasteiger partial charge in [-0.1, -0.05) is 49.2 Å². The molecule has 0 spiro atoms. The van der Waals surface area contributed by atoms with Crippen molar-refractivity contribution in [2.75, 3.05) is 5.32 Å². The lowest BCUT2D eigenvalue weighted by Gasteiger charge is -2.06. The second kappa shape index (κ2) is 5.14. The molecule has 0 bridgehead atoms. The third-order valence-corrected chi connectivity index (χ3v) is 3.88. The van der Waals surface area contributed by atoms with Gasteiger partial charge in [0.05, 0.1) is 11.6 Å². The fraction of sp³-hybridized carbons (Fsp3) is 0.357. The summed E-state index contributed by atoms with van der Waals surface area (Å²) in [6.07, 6.45) is 1.66. The highest BCUT2D eigenvalue weighted by Crippen LogP contribution is 2.60. The van der Waals surface area contributed by atoms with E-state index >= 15 is 0 Å². The number of para-hydroxylation sites is 1. The molecule has 1 aromatic rings. The van der Waals surface area contributed by atoms with Crippen LogP contribution in [0, 0.1) is 23.1 Å². The molecule has 1 amide bonds. The number of rotatable bonds is 3. The summed E-state index contributed by atoms with van der Waals surface area (Å²) in [5, 5.41) is 2.60. The highest BCUT2D eigenvalue weighted by molar-refractivity contribution is 6.55. The number of allylic oxidation sites excluding steroid dienone is 1. The van der Waals surface area contributed by atoms with Crippen molar-refractivity contribution in [1.29, 1.82) is 0 Å². The molecule has 1 aliphatic rings. The fourth-order valence-corrected chi connectivity index (χ4v) is 2.67. The van der Waals surface area contributed by atoms with Gasteiger partial charge in [-0.05, 0) is 29.5 Å². The summed E-state index contributed by atoms with van der Waals surface area (Å²) >= 11 is 11.3. The topological polar surface area (TPSA) is 29.1 Å². The van der Waals surface area contributed by atoms with Crippen LogP contribution in [0.2, 0.25) is 0 Å². The van der Waals surface area contributed by atoms with Crippen LogP contribution in [-0.2, 0) is 4.79 Å². The van der Waals surface area contributed by atoms with Crippen LogP contribution >= 0.6 is 23.2 Å². The molecule has 102 valence electrons. The Morgan fingerprint density at radius 3 is 2.58 bits per heavy atom. The van der Waals surface area contributed by atoms with E-state index in [1.54, 1.807) is 18.2 Å². The summed E-state index contributed by atoms with van der Waals surface area (Å²) in [4.78, 5) is 12.1. The molecule has 1 aliphatic carbocycles. The zero-order valence-electron chi connectivity index (χ0n) is 10.6. The monoisotopic (exact) mass is 301 g/mol. The van der Waals surface area contributed by atoms with Crippen molar-refractivity contribution in [3.05, 3.63) is 40.7 Å². The lowest BCUT2D eigenvalue weighted by Crippen LogP contribution is -2.17. The van der Waals surface area contributed by atoms with Gasteiger partial charge in [0.15, 0.2) is 0 Å². The van der Waals surface area contributed by atoms with E-state index in [1.165, 1.54) is 12.1 Å². The largest absolute Gasteiger partial charge is 0.323 e. The minimum Gasteiger partial charge on any atom is -0.323 e. The van der Waals surface area contributed by atoms with Crippen molar-refractivity contribution >= 4 is 34.8 Å². The molecule has 0 heterocycles. The van der Waals surface area contributed by atoms with Crippen LogP contribution < -0.4 is 5.32 Å². The fourth-order valence-electron chi connectivity index (χ4n) is 2.40. The quantitative estimate of drug-likeness (QED) is 0.883. The van der Waals surface area contributed by atoms with Gasteiger partial charge in [0.2, 0.25) is 5.91 Å². The molecule has 2 nitrogen and oxygen atoms in total. The van der Waals surface area contributed by atoms with Gasteiger partial charge in [-0.25, -0.2) is 4.39 Å². The normalized spacial score (nSPS) is 23.6. The van der Waals surface area contributed by atoms with E-state index in [-0.39, 0.29) is 33.3 Å². The van der Waals surface area contributed by atoms with Gasteiger partial charge in [0, 0.05) is 0 Å². The Balaban J connectivity index is 2.10. The van der Waals surface area contributed by atoms with Gasteiger partial charge >= 0.3 is 0 Å². The van der Waals surface area contributed by atoms with Gasteiger partial charge in [-0.3, -0.25) is 4.79 Å². The highest BCUT2D eigenvalue weighted by Gasteiger charge is 2.60. The highest BCUT2D eigenvalue weighted by atomic mass is 35.5. The average Bonchev–Trinajstić information content (AvgIpc) is 2.82. The average molecular weight is 302 g/mol. The minimum absolute atomic E-state index is 0.0238.